The number of benzene rings is 2. The van der Waals surface area contributed by atoms with Gasteiger partial charge >= 0.3 is 0 Å². The number of rotatable bonds is 6. The molecule has 0 radical (unpaired) electrons. The second-order valence-electron chi connectivity index (χ2n) is 6.77. The summed E-state index contributed by atoms with van der Waals surface area (Å²) in [6.45, 7) is 6.94. The summed E-state index contributed by atoms with van der Waals surface area (Å²) in [6, 6.07) is 16.8. The lowest BCUT2D eigenvalue weighted by Crippen LogP contribution is -1.93. The Kier molecular flexibility index (Phi) is 5.35. The molecule has 0 saturated carbocycles. The molecule has 0 unspecified atom stereocenters. The molecule has 2 aromatic heterocycles. The number of aromatic nitrogens is 3. The van der Waals surface area contributed by atoms with Gasteiger partial charge in [0.05, 0.1) is 17.8 Å². The number of hydrogen-bond acceptors (Lipinski definition) is 4. The van der Waals surface area contributed by atoms with Crippen molar-refractivity contribution in [2.75, 3.05) is 6.61 Å². The molecule has 0 spiro atoms. The second-order valence-corrected chi connectivity index (χ2v) is 7.73. The highest BCUT2D eigenvalue weighted by molar-refractivity contribution is 7.98. The molecule has 0 aliphatic rings. The van der Waals surface area contributed by atoms with E-state index in [0.29, 0.717) is 6.61 Å². The number of fused-ring (bicyclic) bond motifs is 1. The Balaban J connectivity index is 1.61. The first-order chi connectivity index (χ1) is 13.6. The molecule has 4 aromatic rings. The van der Waals surface area contributed by atoms with Crippen LogP contribution in [0.5, 0.6) is 5.75 Å². The molecule has 0 atom stereocenters. The molecule has 142 valence electrons. The first-order valence-electron chi connectivity index (χ1n) is 9.40. The minimum Gasteiger partial charge on any atom is -0.494 e. The van der Waals surface area contributed by atoms with Crippen molar-refractivity contribution in [2.24, 2.45) is 0 Å². The lowest BCUT2D eigenvalue weighted by atomic mass is 10.1. The minimum atomic E-state index is 0.667. The van der Waals surface area contributed by atoms with Crippen LogP contribution in [0.4, 0.5) is 0 Å². The van der Waals surface area contributed by atoms with Crippen LogP contribution in [-0.2, 0) is 5.75 Å². The maximum absolute atomic E-state index is 5.53. The van der Waals surface area contributed by atoms with Gasteiger partial charge in [0.15, 0.2) is 0 Å². The van der Waals surface area contributed by atoms with Gasteiger partial charge in [0, 0.05) is 23.7 Å². The Morgan fingerprint density at radius 1 is 1.04 bits per heavy atom. The summed E-state index contributed by atoms with van der Waals surface area (Å²) in [5.74, 6) is 1.77. The minimum absolute atomic E-state index is 0.667. The number of hydrogen-bond donors (Lipinski definition) is 0. The molecule has 0 aliphatic carbocycles. The van der Waals surface area contributed by atoms with Crippen LogP contribution in [0.15, 0.2) is 66.0 Å². The summed E-state index contributed by atoms with van der Waals surface area (Å²) >= 11 is 1.75. The maximum atomic E-state index is 5.53. The van der Waals surface area contributed by atoms with Gasteiger partial charge in [-0.15, -0.1) is 0 Å². The second kappa shape index (κ2) is 8.07. The quantitative estimate of drug-likeness (QED) is 0.396. The molecule has 2 aromatic carbocycles. The van der Waals surface area contributed by atoms with E-state index in [2.05, 4.69) is 43.1 Å². The van der Waals surface area contributed by atoms with Crippen LogP contribution < -0.4 is 4.74 Å². The molecule has 0 bridgehead atoms. The van der Waals surface area contributed by atoms with Gasteiger partial charge in [-0.3, -0.25) is 0 Å². The van der Waals surface area contributed by atoms with Crippen molar-refractivity contribution in [1.29, 1.82) is 0 Å². The standard InChI is InChI=1S/C23H23N3OS/c1-4-27-20-9-7-18(8-10-20)21-14-22-23(24-11-12-26(22)25-21)28-15-19-13-16(2)5-6-17(19)3/h5-14H,4,15H2,1-3H3. The van der Waals surface area contributed by atoms with Gasteiger partial charge in [-0.1, -0.05) is 35.5 Å². The number of thioether (sulfide) groups is 1. The molecule has 4 rings (SSSR count). The molecule has 4 nitrogen and oxygen atoms in total. The highest BCUT2D eigenvalue weighted by Gasteiger charge is 2.11. The van der Waals surface area contributed by atoms with E-state index >= 15 is 0 Å². The Morgan fingerprint density at radius 3 is 2.64 bits per heavy atom. The molecule has 0 amide bonds. The summed E-state index contributed by atoms with van der Waals surface area (Å²) in [4.78, 5) is 4.60. The SMILES string of the molecule is CCOc1ccc(-c2cc3c(SCc4cc(C)ccc4C)nccn3n2)cc1. The average Bonchev–Trinajstić information content (AvgIpc) is 3.14. The zero-order valence-electron chi connectivity index (χ0n) is 16.3. The van der Waals surface area contributed by atoms with Crippen molar-refractivity contribution in [1.82, 2.24) is 14.6 Å². The average molecular weight is 390 g/mol. The van der Waals surface area contributed by atoms with Crippen LogP contribution in [0.25, 0.3) is 16.8 Å². The third kappa shape index (κ3) is 3.90. The highest BCUT2D eigenvalue weighted by atomic mass is 32.2. The van der Waals surface area contributed by atoms with Gasteiger partial charge < -0.3 is 4.74 Å². The monoisotopic (exact) mass is 389 g/mol. The molecular formula is C23H23N3OS. The summed E-state index contributed by atoms with van der Waals surface area (Å²) in [5, 5.41) is 5.72. The van der Waals surface area contributed by atoms with Crippen LogP contribution in [0.2, 0.25) is 0 Å². The number of aryl methyl sites for hydroxylation is 2. The Bertz CT molecular complexity index is 1100. The first kappa shape index (κ1) is 18.6. The van der Waals surface area contributed by atoms with E-state index in [-0.39, 0.29) is 0 Å². The Morgan fingerprint density at radius 2 is 1.86 bits per heavy atom. The lowest BCUT2D eigenvalue weighted by Gasteiger charge is -2.07. The van der Waals surface area contributed by atoms with Crippen molar-refractivity contribution in [3.05, 3.63) is 77.6 Å². The third-order valence-electron chi connectivity index (χ3n) is 4.68. The normalized spacial score (nSPS) is 11.1. The van der Waals surface area contributed by atoms with Gasteiger partial charge in [0.1, 0.15) is 10.8 Å². The third-order valence-corrected chi connectivity index (χ3v) is 5.73. The fraction of sp³-hybridized carbons (Fsp3) is 0.217. The van der Waals surface area contributed by atoms with E-state index in [0.717, 1.165) is 33.3 Å². The Labute approximate surface area is 169 Å². The summed E-state index contributed by atoms with van der Waals surface area (Å²) in [7, 11) is 0. The number of nitrogens with zero attached hydrogens (tertiary/aromatic N) is 3. The van der Waals surface area contributed by atoms with E-state index in [1.54, 1.807) is 11.8 Å². The molecule has 0 saturated heterocycles. The number of ether oxygens (including phenoxy) is 1. The van der Waals surface area contributed by atoms with Gasteiger partial charge in [-0.2, -0.15) is 5.10 Å². The summed E-state index contributed by atoms with van der Waals surface area (Å²) in [6.07, 6.45) is 3.71. The van der Waals surface area contributed by atoms with Crippen LogP contribution >= 0.6 is 11.8 Å². The van der Waals surface area contributed by atoms with Crippen molar-refractivity contribution in [3.63, 3.8) is 0 Å². The molecular weight excluding hydrogens is 366 g/mol. The van der Waals surface area contributed by atoms with Gasteiger partial charge in [-0.25, -0.2) is 9.50 Å². The van der Waals surface area contributed by atoms with E-state index in [4.69, 9.17) is 9.84 Å². The van der Waals surface area contributed by atoms with Crippen LogP contribution in [0, 0.1) is 13.8 Å². The predicted molar refractivity (Wildman–Crippen MR) is 115 cm³/mol. The maximum Gasteiger partial charge on any atom is 0.122 e. The molecule has 0 N–H and O–H groups in total. The van der Waals surface area contributed by atoms with Gasteiger partial charge in [-0.05, 0) is 62.2 Å². The molecule has 0 aliphatic heterocycles. The molecule has 0 fully saturated rings. The van der Waals surface area contributed by atoms with E-state index in [9.17, 15) is 0 Å². The molecule has 5 heteroatoms. The Hall–Kier alpha value is -2.79. The summed E-state index contributed by atoms with van der Waals surface area (Å²) < 4.78 is 7.43. The van der Waals surface area contributed by atoms with Gasteiger partial charge in [0.2, 0.25) is 0 Å². The van der Waals surface area contributed by atoms with Crippen LogP contribution in [0.3, 0.4) is 0 Å². The predicted octanol–water partition coefficient (Wildman–Crippen LogP) is 5.70. The van der Waals surface area contributed by atoms with Crippen molar-refractivity contribution < 1.29 is 4.74 Å². The smallest absolute Gasteiger partial charge is 0.122 e. The first-order valence-corrected chi connectivity index (χ1v) is 10.4. The lowest BCUT2D eigenvalue weighted by molar-refractivity contribution is 0.340. The van der Waals surface area contributed by atoms with Crippen molar-refractivity contribution in [2.45, 2.75) is 31.6 Å². The molecule has 28 heavy (non-hydrogen) atoms. The highest BCUT2D eigenvalue weighted by Crippen LogP contribution is 2.29. The molecule has 2 heterocycles. The fourth-order valence-electron chi connectivity index (χ4n) is 3.14. The van der Waals surface area contributed by atoms with E-state index < -0.39 is 0 Å². The van der Waals surface area contributed by atoms with Crippen LogP contribution in [-0.4, -0.2) is 21.2 Å². The van der Waals surface area contributed by atoms with Gasteiger partial charge in [0.25, 0.3) is 0 Å². The van der Waals surface area contributed by atoms with Crippen LogP contribution in [0.1, 0.15) is 23.6 Å². The zero-order chi connectivity index (χ0) is 19.5. The van der Waals surface area contributed by atoms with Crippen molar-refractivity contribution in [3.8, 4) is 17.0 Å². The zero-order valence-corrected chi connectivity index (χ0v) is 17.2. The van der Waals surface area contributed by atoms with Crippen molar-refractivity contribution >= 4 is 17.3 Å². The largest absolute Gasteiger partial charge is 0.494 e. The topological polar surface area (TPSA) is 39.4 Å². The summed E-state index contributed by atoms with van der Waals surface area (Å²) in [5.41, 5.74) is 6.98. The van der Waals surface area contributed by atoms with E-state index in [1.165, 1.54) is 16.7 Å². The van der Waals surface area contributed by atoms with E-state index in [1.807, 2.05) is 48.1 Å². The fourth-order valence-corrected chi connectivity index (χ4v) is 4.18.